The Balaban J connectivity index is 1.87. The zero-order valence-corrected chi connectivity index (χ0v) is 15.9. The number of halogens is 3. The standard InChI is InChI=1S/C23H18F3NO3/c1-15-8-5-6-13-19(15)22(29)30-20(16-9-3-2-4-10-16)21(28)27-18-12-7-11-17(14-18)23(24,25)26/h2-14,20H,1H3,(H,27,28)/t20-/m0/s1. The Morgan fingerprint density at radius 1 is 0.900 bits per heavy atom. The highest BCUT2D eigenvalue weighted by molar-refractivity contribution is 5.98. The molecule has 0 heterocycles. The maximum Gasteiger partial charge on any atom is 0.416 e. The van der Waals surface area contributed by atoms with E-state index in [0.717, 1.165) is 12.1 Å². The molecule has 7 heteroatoms. The number of hydrogen-bond acceptors (Lipinski definition) is 3. The van der Waals surface area contributed by atoms with Crippen molar-refractivity contribution in [3.05, 3.63) is 101 Å². The smallest absolute Gasteiger partial charge is 0.416 e. The molecule has 0 fully saturated rings. The molecule has 30 heavy (non-hydrogen) atoms. The zero-order valence-electron chi connectivity index (χ0n) is 15.9. The number of anilines is 1. The van der Waals surface area contributed by atoms with E-state index >= 15 is 0 Å². The first-order valence-electron chi connectivity index (χ1n) is 9.05. The van der Waals surface area contributed by atoms with Gasteiger partial charge in [0.25, 0.3) is 5.91 Å². The number of carbonyl (C=O) groups is 2. The number of benzene rings is 3. The summed E-state index contributed by atoms with van der Waals surface area (Å²) in [5, 5.41) is 2.41. The summed E-state index contributed by atoms with van der Waals surface area (Å²) < 4.78 is 44.3. The summed E-state index contributed by atoms with van der Waals surface area (Å²) in [5.74, 6) is -1.47. The maximum atomic E-state index is 12.9. The highest BCUT2D eigenvalue weighted by Crippen LogP contribution is 2.31. The van der Waals surface area contributed by atoms with Crippen molar-refractivity contribution in [1.29, 1.82) is 0 Å². The molecule has 0 spiro atoms. The van der Waals surface area contributed by atoms with Crippen LogP contribution in [0.2, 0.25) is 0 Å². The lowest BCUT2D eigenvalue weighted by Crippen LogP contribution is -2.26. The van der Waals surface area contributed by atoms with E-state index < -0.39 is 29.7 Å². The summed E-state index contributed by atoms with van der Waals surface area (Å²) >= 11 is 0. The van der Waals surface area contributed by atoms with Crippen molar-refractivity contribution in [2.75, 3.05) is 5.32 Å². The van der Waals surface area contributed by atoms with Gasteiger partial charge in [-0.25, -0.2) is 4.79 Å². The minimum Gasteiger partial charge on any atom is -0.444 e. The number of rotatable bonds is 5. The van der Waals surface area contributed by atoms with Gasteiger partial charge in [-0.05, 0) is 36.8 Å². The fourth-order valence-corrected chi connectivity index (χ4v) is 2.85. The van der Waals surface area contributed by atoms with Crippen LogP contribution in [0.5, 0.6) is 0 Å². The molecule has 0 bridgehead atoms. The highest BCUT2D eigenvalue weighted by atomic mass is 19.4. The molecule has 0 unspecified atom stereocenters. The lowest BCUT2D eigenvalue weighted by molar-refractivity contribution is -0.137. The molecule has 1 amide bonds. The second kappa shape index (κ2) is 8.82. The van der Waals surface area contributed by atoms with Gasteiger partial charge in [-0.3, -0.25) is 4.79 Å². The van der Waals surface area contributed by atoms with Gasteiger partial charge in [-0.2, -0.15) is 13.2 Å². The molecule has 0 radical (unpaired) electrons. The third kappa shape index (κ3) is 5.05. The molecular formula is C23H18F3NO3. The zero-order chi connectivity index (χ0) is 21.7. The Morgan fingerprint density at radius 3 is 2.23 bits per heavy atom. The van der Waals surface area contributed by atoms with Crippen LogP contribution < -0.4 is 5.32 Å². The Hall–Kier alpha value is -3.61. The first-order valence-corrected chi connectivity index (χ1v) is 9.05. The Kier molecular flexibility index (Phi) is 6.20. The van der Waals surface area contributed by atoms with E-state index in [1.54, 1.807) is 61.5 Å². The van der Waals surface area contributed by atoms with Crippen LogP contribution in [0.15, 0.2) is 78.9 Å². The molecule has 154 valence electrons. The number of amides is 1. The number of esters is 1. The molecule has 3 aromatic rings. The summed E-state index contributed by atoms with van der Waals surface area (Å²) in [7, 11) is 0. The summed E-state index contributed by atoms with van der Waals surface area (Å²) in [6, 6.07) is 19.3. The molecule has 3 aromatic carbocycles. The number of aryl methyl sites for hydroxylation is 1. The topological polar surface area (TPSA) is 55.4 Å². The molecule has 0 aliphatic rings. The molecule has 1 N–H and O–H groups in total. The van der Waals surface area contributed by atoms with E-state index in [9.17, 15) is 22.8 Å². The summed E-state index contributed by atoms with van der Waals surface area (Å²) in [6.45, 7) is 1.73. The molecule has 0 saturated carbocycles. The van der Waals surface area contributed by atoms with Crippen LogP contribution in [0.3, 0.4) is 0 Å². The van der Waals surface area contributed by atoms with Crippen molar-refractivity contribution in [3.8, 4) is 0 Å². The first kappa shape index (κ1) is 21.1. The van der Waals surface area contributed by atoms with Crippen molar-refractivity contribution in [2.24, 2.45) is 0 Å². The van der Waals surface area contributed by atoms with Gasteiger partial charge in [-0.15, -0.1) is 0 Å². The number of hydrogen-bond donors (Lipinski definition) is 1. The second-order valence-corrected chi connectivity index (χ2v) is 6.58. The van der Waals surface area contributed by atoms with E-state index in [1.807, 2.05) is 0 Å². The minimum absolute atomic E-state index is 0.0531. The van der Waals surface area contributed by atoms with Crippen molar-refractivity contribution < 1.29 is 27.5 Å². The van der Waals surface area contributed by atoms with Crippen LogP contribution in [0.1, 0.15) is 33.2 Å². The average Bonchev–Trinajstić information content (AvgIpc) is 2.72. The number of nitrogens with one attached hydrogen (secondary N) is 1. The Bertz CT molecular complexity index is 1050. The van der Waals surface area contributed by atoms with Crippen molar-refractivity contribution in [3.63, 3.8) is 0 Å². The Morgan fingerprint density at radius 2 is 1.57 bits per heavy atom. The van der Waals surface area contributed by atoms with Gasteiger partial charge in [0, 0.05) is 11.3 Å². The van der Waals surface area contributed by atoms with Crippen LogP contribution in [0.25, 0.3) is 0 Å². The lowest BCUT2D eigenvalue weighted by Gasteiger charge is -2.19. The van der Waals surface area contributed by atoms with Gasteiger partial charge in [0.15, 0.2) is 0 Å². The third-order valence-corrected chi connectivity index (χ3v) is 4.39. The van der Waals surface area contributed by atoms with E-state index in [-0.39, 0.29) is 5.69 Å². The fourth-order valence-electron chi connectivity index (χ4n) is 2.85. The average molecular weight is 413 g/mol. The van der Waals surface area contributed by atoms with Crippen LogP contribution >= 0.6 is 0 Å². The van der Waals surface area contributed by atoms with Crippen molar-refractivity contribution in [1.82, 2.24) is 0 Å². The molecule has 4 nitrogen and oxygen atoms in total. The number of ether oxygens (including phenoxy) is 1. The molecule has 0 aliphatic carbocycles. The van der Waals surface area contributed by atoms with Gasteiger partial charge in [0.2, 0.25) is 6.10 Å². The maximum absolute atomic E-state index is 12.9. The molecular weight excluding hydrogens is 395 g/mol. The van der Waals surface area contributed by atoms with E-state index in [4.69, 9.17) is 4.74 Å². The molecule has 1 atom stereocenters. The highest BCUT2D eigenvalue weighted by Gasteiger charge is 2.31. The van der Waals surface area contributed by atoms with Crippen molar-refractivity contribution >= 4 is 17.6 Å². The van der Waals surface area contributed by atoms with Gasteiger partial charge < -0.3 is 10.1 Å². The minimum atomic E-state index is -4.54. The largest absolute Gasteiger partial charge is 0.444 e. The van der Waals surface area contributed by atoms with Crippen LogP contribution in [0.4, 0.5) is 18.9 Å². The number of alkyl halides is 3. The normalized spacial score (nSPS) is 12.1. The summed E-state index contributed by atoms with van der Waals surface area (Å²) in [5.41, 5.74) is 0.415. The predicted molar refractivity (Wildman–Crippen MR) is 106 cm³/mol. The van der Waals surface area contributed by atoms with E-state index in [1.165, 1.54) is 12.1 Å². The first-order chi connectivity index (χ1) is 14.3. The molecule has 0 aromatic heterocycles. The fraction of sp³-hybridized carbons (Fsp3) is 0.130. The Labute approximate surface area is 171 Å². The second-order valence-electron chi connectivity index (χ2n) is 6.58. The van der Waals surface area contributed by atoms with E-state index in [2.05, 4.69) is 5.32 Å². The lowest BCUT2D eigenvalue weighted by atomic mass is 10.1. The van der Waals surface area contributed by atoms with Gasteiger partial charge in [-0.1, -0.05) is 54.6 Å². The molecule has 0 aliphatic heterocycles. The van der Waals surface area contributed by atoms with E-state index in [0.29, 0.717) is 16.7 Å². The molecule has 3 rings (SSSR count). The van der Waals surface area contributed by atoms with Crippen LogP contribution in [-0.2, 0) is 15.7 Å². The summed E-state index contributed by atoms with van der Waals surface area (Å²) in [6.07, 6.45) is -5.88. The van der Waals surface area contributed by atoms with Gasteiger partial charge in [0.1, 0.15) is 0 Å². The number of carbonyl (C=O) groups excluding carboxylic acids is 2. The SMILES string of the molecule is Cc1ccccc1C(=O)O[C@H](C(=O)Nc1cccc(C(F)(F)F)c1)c1ccccc1. The van der Waals surface area contributed by atoms with Crippen molar-refractivity contribution in [2.45, 2.75) is 19.2 Å². The molecule has 0 saturated heterocycles. The monoisotopic (exact) mass is 413 g/mol. The van der Waals surface area contributed by atoms with Crippen LogP contribution in [0, 0.1) is 6.92 Å². The quantitative estimate of drug-likeness (QED) is 0.558. The van der Waals surface area contributed by atoms with Gasteiger partial charge >= 0.3 is 12.1 Å². The summed E-state index contributed by atoms with van der Waals surface area (Å²) in [4.78, 5) is 25.5. The van der Waals surface area contributed by atoms with Gasteiger partial charge in [0.05, 0.1) is 11.1 Å². The third-order valence-electron chi connectivity index (χ3n) is 4.39. The predicted octanol–water partition coefficient (Wildman–Crippen LogP) is 5.55. The van der Waals surface area contributed by atoms with Crippen LogP contribution in [-0.4, -0.2) is 11.9 Å².